The third kappa shape index (κ3) is 4.88. The summed E-state index contributed by atoms with van der Waals surface area (Å²) in [6, 6.07) is 73.7. The summed E-state index contributed by atoms with van der Waals surface area (Å²) in [5.74, 6) is 0. The summed E-state index contributed by atoms with van der Waals surface area (Å²) >= 11 is 0. The fourth-order valence-electron chi connectivity index (χ4n) is 11.0. The Bertz CT molecular complexity index is 3420. The Kier molecular flexibility index (Phi) is 7.16. The van der Waals surface area contributed by atoms with Crippen molar-refractivity contribution >= 4 is 79.2 Å². The van der Waals surface area contributed by atoms with E-state index in [1.807, 2.05) is 12.1 Å². The molecule has 1 aromatic heterocycles. The Morgan fingerprint density at radius 1 is 0.410 bits per heavy atom. The number of rotatable bonds is 4. The molecule has 0 atom stereocenters. The molecule has 61 heavy (non-hydrogen) atoms. The largest absolute Gasteiger partial charge is 0.456 e. The van der Waals surface area contributed by atoms with Crippen LogP contribution in [0.4, 0.5) is 34.1 Å². The van der Waals surface area contributed by atoms with Gasteiger partial charge in [-0.15, -0.1) is 0 Å². The first-order valence-electron chi connectivity index (χ1n) is 21.3. The maximum absolute atomic E-state index is 6.14. The maximum Gasteiger partial charge on any atom is 0.252 e. The van der Waals surface area contributed by atoms with Gasteiger partial charge in [0.25, 0.3) is 6.71 Å². The van der Waals surface area contributed by atoms with Gasteiger partial charge in [-0.25, -0.2) is 0 Å². The first-order valence-corrected chi connectivity index (χ1v) is 21.3. The van der Waals surface area contributed by atoms with E-state index in [2.05, 4.69) is 212 Å². The monoisotopic (exact) mass is 778 g/mol. The van der Waals surface area contributed by atoms with Gasteiger partial charge in [0.05, 0.1) is 0 Å². The van der Waals surface area contributed by atoms with Crippen LogP contribution in [-0.4, -0.2) is 6.71 Å². The Labute approximate surface area is 355 Å². The van der Waals surface area contributed by atoms with Crippen molar-refractivity contribution in [1.82, 2.24) is 0 Å². The molecule has 0 saturated carbocycles. The highest BCUT2D eigenvalue weighted by Crippen LogP contribution is 2.52. The smallest absolute Gasteiger partial charge is 0.252 e. The standard InChI is InChI=1S/C57H39BN2O/c1-57(2)46-17-5-3-13-42(46)44-16-11-15-41(55(44)57)37-27-32-40(33-28-37)60-50-21-9-7-19-48(50)58-47-18-6-8-20-49(47)59(51-22-12-23-52(60)56(51)58)39-30-25-36(26-31-39)38-29-34-54-45(35-38)43-14-4-10-24-53(43)61-54/h3-35H,1-2H3. The lowest BCUT2D eigenvalue weighted by Crippen LogP contribution is -2.61. The minimum Gasteiger partial charge on any atom is -0.456 e. The van der Waals surface area contributed by atoms with Crippen LogP contribution < -0.4 is 26.2 Å². The number of benzene rings is 9. The first-order chi connectivity index (χ1) is 30.0. The molecule has 0 fully saturated rings. The minimum absolute atomic E-state index is 0.0858. The SMILES string of the molecule is CC1(C)c2ccccc2-c2cccc(-c3ccc(N4c5ccccc5B5c6ccccc6N(c6ccc(-c7ccc8oc9ccccc9c8c7)cc6)c6cccc4c65)cc3)c21. The molecule has 0 spiro atoms. The first kappa shape index (κ1) is 34.3. The van der Waals surface area contributed by atoms with E-state index in [4.69, 9.17) is 4.42 Å². The highest BCUT2D eigenvalue weighted by molar-refractivity contribution is 7.00. The van der Waals surface area contributed by atoms with E-state index in [0.29, 0.717) is 0 Å². The van der Waals surface area contributed by atoms with Gasteiger partial charge in [0.1, 0.15) is 11.2 Å². The molecule has 0 N–H and O–H groups in total. The highest BCUT2D eigenvalue weighted by Gasteiger charge is 2.43. The van der Waals surface area contributed by atoms with Crippen molar-refractivity contribution in [3.8, 4) is 33.4 Å². The van der Waals surface area contributed by atoms with Gasteiger partial charge in [0.15, 0.2) is 0 Å². The normalized spacial score (nSPS) is 14.1. The average molecular weight is 779 g/mol. The predicted molar refractivity (Wildman–Crippen MR) is 256 cm³/mol. The zero-order valence-corrected chi connectivity index (χ0v) is 33.9. The summed E-state index contributed by atoms with van der Waals surface area (Å²) < 4.78 is 6.14. The van der Waals surface area contributed by atoms with Crippen LogP contribution in [0.1, 0.15) is 25.0 Å². The van der Waals surface area contributed by atoms with E-state index in [-0.39, 0.29) is 12.1 Å². The van der Waals surface area contributed by atoms with Crippen LogP contribution in [0.2, 0.25) is 0 Å². The molecule has 4 heteroatoms. The number of furan rings is 1. The molecule has 286 valence electrons. The van der Waals surface area contributed by atoms with E-state index in [1.54, 1.807) is 0 Å². The van der Waals surface area contributed by atoms with E-state index < -0.39 is 0 Å². The summed E-state index contributed by atoms with van der Waals surface area (Å²) in [6.07, 6.45) is 0. The molecule has 3 nitrogen and oxygen atoms in total. The van der Waals surface area contributed by atoms with Crippen LogP contribution in [0.5, 0.6) is 0 Å². The number of nitrogens with zero attached hydrogens (tertiary/aromatic N) is 2. The topological polar surface area (TPSA) is 19.6 Å². The summed E-state index contributed by atoms with van der Waals surface area (Å²) in [6.45, 7) is 4.83. The Hall–Kier alpha value is -7.56. The zero-order chi connectivity index (χ0) is 40.4. The minimum atomic E-state index is -0.0858. The highest BCUT2D eigenvalue weighted by atomic mass is 16.3. The molecule has 10 aromatic rings. The number of para-hydroxylation sites is 3. The van der Waals surface area contributed by atoms with Crippen LogP contribution in [0.15, 0.2) is 205 Å². The van der Waals surface area contributed by atoms with Gasteiger partial charge in [-0.05, 0) is 128 Å². The van der Waals surface area contributed by atoms with Gasteiger partial charge in [-0.1, -0.05) is 147 Å². The second kappa shape index (κ2) is 12.7. The molecule has 9 aromatic carbocycles. The maximum atomic E-state index is 6.14. The van der Waals surface area contributed by atoms with Crippen molar-refractivity contribution in [2.24, 2.45) is 0 Å². The van der Waals surface area contributed by atoms with Crippen LogP contribution in [0.3, 0.4) is 0 Å². The number of hydrogen-bond donors (Lipinski definition) is 0. The second-order valence-corrected chi connectivity index (χ2v) is 17.2. The lowest BCUT2D eigenvalue weighted by Gasteiger charge is -2.44. The molecule has 3 aliphatic rings. The third-order valence-corrected chi connectivity index (χ3v) is 13.7. The summed E-state index contributed by atoms with van der Waals surface area (Å²) in [5, 5.41) is 2.28. The van der Waals surface area contributed by atoms with Gasteiger partial charge in [0.2, 0.25) is 0 Å². The van der Waals surface area contributed by atoms with Crippen molar-refractivity contribution in [3.05, 3.63) is 211 Å². The van der Waals surface area contributed by atoms with E-state index in [9.17, 15) is 0 Å². The van der Waals surface area contributed by atoms with Gasteiger partial charge in [0, 0.05) is 50.3 Å². The van der Waals surface area contributed by atoms with E-state index >= 15 is 0 Å². The lowest BCUT2D eigenvalue weighted by molar-refractivity contribution is 0.662. The Morgan fingerprint density at radius 3 is 1.66 bits per heavy atom. The van der Waals surface area contributed by atoms with Gasteiger partial charge < -0.3 is 14.2 Å². The van der Waals surface area contributed by atoms with Crippen LogP contribution in [0, 0.1) is 0 Å². The molecular weight excluding hydrogens is 739 g/mol. The average Bonchev–Trinajstić information content (AvgIpc) is 3.80. The second-order valence-electron chi connectivity index (χ2n) is 17.2. The number of anilines is 6. The molecule has 0 bridgehead atoms. The summed E-state index contributed by atoms with van der Waals surface area (Å²) in [4.78, 5) is 4.95. The Balaban J connectivity index is 0.919. The van der Waals surface area contributed by atoms with Crippen molar-refractivity contribution in [2.75, 3.05) is 9.80 Å². The molecule has 13 rings (SSSR count). The van der Waals surface area contributed by atoms with Crippen molar-refractivity contribution in [3.63, 3.8) is 0 Å². The van der Waals surface area contributed by atoms with Crippen LogP contribution in [-0.2, 0) is 5.41 Å². The van der Waals surface area contributed by atoms with Gasteiger partial charge >= 0.3 is 0 Å². The fourth-order valence-corrected chi connectivity index (χ4v) is 11.0. The lowest BCUT2D eigenvalue weighted by atomic mass is 9.33. The van der Waals surface area contributed by atoms with Crippen molar-refractivity contribution < 1.29 is 4.42 Å². The van der Waals surface area contributed by atoms with Crippen molar-refractivity contribution in [2.45, 2.75) is 19.3 Å². The third-order valence-electron chi connectivity index (χ3n) is 13.7. The van der Waals surface area contributed by atoms with Gasteiger partial charge in [-0.2, -0.15) is 0 Å². The molecule has 0 unspecified atom stereocenters. The fraction of sp³-hybridized carbons (Fsp3) is 0.0526. The van der Waals surface area contributed by atoms with E-state index in [0.717, 1.165) is 33.3 Å². The van der Waals surface area contributed by atoms with Gasteiger partial charge in [-0.3, -0.25) is 0 Å². The van der Waals surface area contributed by atoms with Crippen molar-refractivity contribution in [1.29, 1.82) is 0 Å². The number of fused-ring (bicyclic) bond motifs is 10. The van der Waals surface area contributed by atoms with E-state index in [1.165, 1.54) is 83.6 Å². The molecule has 0 saturated heterocycles. The molecule has 0 radical (unpaired) electrons. The zero-order valence-electron chi connectivity index (χ0n) is 33.9. The Morgan fingerprint density at radius 2 is 0.934 bits per heavy atom. The number of hydrogen-bond acceptors (Lipinski definition) is 3. The van der Waals surface area contributed by atoms with Crippen LogP contribution in [0.25, 0.3) is 55.3 Å². The molecule has 0 amide bonds. The summed E-state index contributed by atoms with van der Waals surface area (Å²) in [5.41, 5.74) is 23.2. The summed E-state index contributed by atoms with van der Waals surface area (Å²) in [7, 11) is 0. The van der Waals surface area contributed by atoms with Crippen LogP contribution >= 0.6 is 0 Å². The molecule has 3 heterocycles. The molecule has 1 aliphatic carbocycles. The predicted octanol–water partition coefficient (Wildman–Crippen LogP) is 13.3. The quantitative estimate of drug-likeness (QED) is 0.166. The molecular formula is C57H39BN2O. The molecule has 2 aliphatic heterocycles.